The fourth-order valence-corrected chi connectivity index (χ4v) is 2.37. The zero-order chi connectivity index (χ0) is 18.1. The summed E-state index contributed by atoms with van der Waals surface area (Å²) in [4.78, 5) is 48.8. The van der Waals surface area contributed by atoms with Gasteiger partial charge in [-0.25, -0.2) is 9.69 Å². The molecule has 5 amide bonds. The van der Waals surface area contributed by atoms with Gasteiger partial charge >= 0.3 is 17.8 Å². The van der Waals surface area contributed by atoms with Gasteiger partial charge in [-0.05, 0) is 30.0 Å². The molecule has 24 heavy (non-hydrogen) atoms. The summed E-state index contributed by atoms with van der Waals surface area (Å²) < 4.78 is 0. The Morgan fingerprint density at radius 1 is 1.00 bits per heavy atom. The highest BCUT2D eigenvalue weighted by Gasteiger charge is 2.44. The zero-order valence-corrected chi connectivity index (χ0v) is 14.3. The number of amides is 5. The third-order valence-corrected chi connectivity index (χ3v) is 3.79. The van der Waals surface area contributed by atoms with E-state index in [1.54, 1.807) is 19.1 Å². The summed E-state index contributed by atoms with van der Waals surface area (Å²) in [5.41, 5.74) is 1.68. The van der Waals surface area contributed by atoms with Crippen LogP contribution in [0.2, 0.25) is 0 Å². The fraction of sp³-hybridized carbons (Fsp3) is 0.412. The molecule has 0 aliphatic carbocycles. The number of anilines is 1. The minimum Gasteiger partial charge on any atom is -0.325 e. The molecule has 0 radical (unpaired) electrons. The van der Waals surface area contributed by atoms with Crippen molar-refractivity contribution in [1.29, 1.82) is 0 Å². The Labute approximate surface area is 140 Å². The van der Waals surface area contributed by atoms with Crippen LogP contribution in [0.4, 0.5) is 10.5 Å². The highest BCUT2D eigenvalue weighted by molar-refractivity contribution is 6.45. The van der Waals surface area contributed by atoms with E-state index in [1.165, 1.54) is 0 Å². The molecule has 7 heteroatoms. The molecule has 1 N–H and O–H groups in total. The molecule has 1 fully saturated rings. The number of urea groups is 1. The van der Waals surface area contributed by atoms with Gasteiger partial charge in [0.2, 0.25) is 5.91 Å². The van der Waals surface area contributed by atoms with Crippen LogP contribution in [0, 0.1) is 0 Å². The maximum atomic E-state index is 12.1. The molecule has 1 aromatic rings. The first kappa shape index (κ1) is 17.7. The zero-order valence-electron chi connectivity index (χ0n) is 14.3. The second-order valence-corrected chi connectivity index (χ2v) is 6.60. The Morgan fingerprint density at radius 2 is 1.54 bits per heavy atom. The number of carbonyl (C=O) groups is 4. The van der Waals surface area contributed by atoms with Crippen LogP contribution in [0.25, 0.3) is 0 Å². The highest BCUT2D eigenvalue weighted by atomic mass is 16.2. The van der Waals surface area contributed by atoms with Crippen LogP contribution in [0.5, 0.6) is 0 Å². The van der Waals surface area contributed by atoms with E-state index in [9.17, 15) is 19.2 Å². The lowest BCUT2D eigenvalue weighted by Gasteiger charge is -2.19. The van der Waals surface area contributed by atoms with E-state index < -0.39 is 30.3 Å². The predicted molar refractivity (Wildman–Crippen MR) is 88.3 cm³/mol. The molecule has 0 bridgehead atoms. The molecule has 7 nitrogen and oxygen atoms in total. The van der Waals surface area contributed by atoms with Gasteiger partial charge in [-0.1, -0.05) is 32.9 Å². The first-order valence-corrected chi connectivity index (χ1v) is 7.73. The van der Waals surface area contributed by atoms with Crippen molar-refractivity contribution < 1.29 is 19.2 Å². The Bertz CT molecular complexity index is 689. The quantitative estimate of drug-likeness (QED) is 0.672. The van der Waals surface area contributed by atoms with Crippen molar-refractivity contribution in [3.63, 3.8) is 0 Å². The number of imide groups is 2. The van der Waals surface area contributed by atoms with Crippen LogP contribution in [-0.4, -0.2) is 46.6 Å². The summed E-state index contributed by atoms with van der Waals surface area (Å²) in [5, 5.41) is 2.62. The largest absolute Gasteiger partial charge is 0.334 e. The highest BCUT2D eigenvalue weighted by Crippen LogP contribution is 2.23. The van der Waals surface area contributed by atoms with Crippen molar-refractivity contribution >= 4 is 29.4 Å². The average Bonchev–Trinajstić information content (AvgIpc) is 2.70. The third kappa shape index (κ3) is 3.45. The number of nitrogens with one attached hydrogen (secondary N) is 1. The summed E-state index contributed by atoms with van der Waals surface area (Å²) >= 11 is 0. The molecule has 1 aliphatic heterocycles. The molecule has 0 atom stereocenters. The summed E-state index contributed by atoms with van der Waals surface area (Å²) in [6, 6.07) is 6.57. The number of likely N-dealkylation sites (N-methyl/N-ethyl adjacent to an activating group) is 1. The molecule has 1 heterocycles. The Balaban J connectivity index is 2.02. The van der Waals surface area contributed by atoms with Gasteiger partial charge < -0.3 is 5.32 Å². The van der Waals surface area contributed by atoms with Gasteiger partial charge in [0, 0.05) is 12.2 Å². The number of carbonyl (C=O) groups excluding carboxylic acids is 4. The van der Waals surface area contributed by atoms with Gasteiger partial charge in [0.25, 0.3) is 0 Å². The first-order valence-electron chi connectivity index (χ1n) is 7.73. The fourth-order valence-electron chi connectivity index (χ4n) is 2.37. The number of hydrogen-bond donors (Lipinski definition) is 1. The molecule has 2 rings (SSSR count). The van der Waals surface area contributed by atoms with Gasteiger partial charge in [-0.2, -0.15) is 0 Å². The maximum Gasteiger partial charge on any atom is 0.334 e. The standard InChI is InChI=1S/C17H21N3O4/c1-5-19-14(22)15(23)20(16(19)24)10-13(21)18-12-8-6-11(7-9-12)17(2,3)4/h6-9H,5,10H2,1-4H3,(H,18,21). The van der Waals surface area contributed by atoms with Crippen LogP contribution < -0.4 is 5.32 Å². The van der Waals surface area contributed by atoms with Gasteiger partial charge in [-0.15, -0.1) is 0 Å². The van der Waals surface area contributed by atoms with E-state index in [0.29, 0.717) is 10.6 Å². The van der Waals surface area contributed by atoms with Gasteiger partial charge in [0.1, 0.15) is 6.54 Å². The topological polar surface area (TPSA) is 86.8 Å². The first-order chi connectivity index (χ1) is 11.1. The number of hydrogen-bond acceptors (Lipinski definition) is 4. The van der Waals surface area contributed by atoms with Crippen molar-refractivity contribution in [1.82, 2.24) is 9.80 Å². The molecule has 1 saturated heterocycles. The Hall–Kier alpha value is -2.70. The average molecular weight is 331 g/mol. The van der Waals surface area contributed by atoms with E-state index in [2.05, 4.69) is 26.1 Å². The van der Waals surface area contributed by atoms with E-state index in [1.807, 2.05) is 12.1 Å². The lowest BCUT2D eigenvalue weighted by Crippen LogP contribution is -2.38. The molecule has 0 saturated carbocycles. The van der Waals surface area contributed by atoms with Crippen LogP contribution in [0.3, 0.4) is 0 Å². The molecule has 0 aromatic heterocycles. The molecule has 128 valence electrons. The molecular formula is C17H21N3O4. The van der Waals surface area contributed by atoms with E-state index in [4.69, 9.17) is 0 Å². The SMILES string of the molecule is CCN1C(=O)C(=O)N(CC(=O)Nc2ccc(C(C)(C)C)cc2)C1=O. The molecule has 1 aromatic carbocycles. The van der Waals surface area contributed by atoms with Crippen molar-refractivity contribution in [2.45, 2.75) is 33.1 Å². The third-order valence-electron chi connectivity index (χ3n) is 3.79. The minimum absolute atomic E-state index is 0.000894. The van der Waals surface area contributed by atoms with Crippen molar-refractivity contribution in [3.8, 4) is 0 Å². The van der Waals surface area contributed by atoms with Gasteiger partial charge in [0.05, 0.1) is 0 Å². The molecule has 0 spiro atoms. The maximum absolute atomic E-state index is 12.1. The van der Waals surface area contributed by atoms with Crippen molar-refractivity contribution in [3.05, 3.63) is 29.8 Å². The van der Waals surface area contributed by atoms with Crippen LogP contribution in [0.1, 0.15) is 33.3 Å². The molecular weight excluding hydrogens is 310 g/mol. The summed E-state index contributed by atoms with van der Waals surface area (Å²) in [5.74, 6) is -2.41. The second kappa shape index (κ2) is 6.43. The number of rotatable bonds is 4. The lowest BCUT2D eigenvalue weighted by atomic mass is 9.87. The van der Waals surface area contributed by atoms with E-state index in [-0.39, 0.29) is 12.0 Å². The van der Waals surface area contributed by atoms with Crippen molar-refractivity contribution in [2.75, 3.05) is 18.4 Å². The second-order valence-electron chi connectivity index (χ2n) is 6.60. The number of benzene rings is 1. The summed E-state index contributed by atoms with van der Waals surface area (Å²) in [7, 11) is 0. The van der Waals surface area contributed by atoms with Crippen LogP contribution in [-0.2, 0) is 19.8 Å². The Morgan fingerprint density at radius 3 is 2.00 bits per heavy atom. The predicted octanol–water partition coefficient (Wildman–Crippen LogP) is 1.73. The molecule has 1 aliphatic rings. The van der Waals surface area contributed by atoms with Crippen LogP contribution in [0.15, 0.2) is 24.3 Å². The Kier molecular flexibility index (Phi) is 4.73. The minimum atomic E-state index is -0.972. The normalized spacial score (nSPS) is 15.2. The number of nitrogens with zero attached hydrogens (tertiary/aromatic N) is 2. The summed E-state index contributed by atoms with van der Waals surface area (Å²) in [6.45, 7) is 7.45. The monoisotopic (exact) mass is 331 g/mol. The van der Waals surface area contributed by atoms with Gasteiger partial charge in [0.15, 0.2) is 0 Å². The van der Waals surface area contributed by atoms with E-state index >= 15 is 0 Å². The lowest BCUT2D eigenvalue weighted by molar-refractivity contribution is -0.143. The van der Waals surface area contributed by atoms with E-state index in [0.717, 1.165) is 10.5 Å². The smallest absolute Gasteiger partial charge is 0.325 e. The van der Waals surface area contributed by atoms with Crippen LogP contribution >= 0.6 is 0 Å². The van der Waals surface area contributed by atoms with Crippen molar-refractivity contribution in [2.24, 2.45) is 0 Å². The summed E-state index contributed by atoms with van der Waals surface area (Å²) in [6.07, 6.45) is 0. The van der Waals surface area contributed by atoms with Gasteiger partial charge in [-0.3, -0.25) is 19.3 Å². The molecule has 0 unspecified atom stereocenters.